The molecule has 0 aliphatic carbocycles. The van der Waals surface area contributed by atoms with E-state index in [2.05, 4.69) is 53.5 Å². The van der Waals surface area contributed by atoms with Crippen LogP contribution in [0.4, 0.5) is 0 Å². The van der Waals surface area contributed by atoms with Crippen molar-refractivity contribution < 1.29 is 0 Å². The topological polar surface area (TPSA) is 68.2 Å². The van der Waals surface area contributed by atoms with Crippen LogP contribution >= 0.6 is 0 Å². The SMILES string of the molecule is CCCCCCNC(N)=NCc1c(C)nn(Cc2ccccc2)c1C. The molecule has 2 aromatic rings. The molecule has 3 N–H and O–H groups in total. The Labute approximate surface area is 151 Å². The number of unbranched alkanes of at least 4 members (excludes halogenated alkanes) is 3. The number of hydrogen-bond acceptors (Lipinski definition) is 2. The van der Waals surface area contributed by atoms with Gasteiger partial charge in [0.15, 0.2) is 5.96 Å². The van der Waals surface area contributed by atoms with Crippen LogP contribution in [0.5, 0.6) is 0 Å². The Hall–Kier alpha value is -2.30. The van der Waals surface area contributed by atoms with Gasteiger partial charge in [-0.25, -0.2) is 4.99 Å². The average molecular weight is 342 g/mol. The van der Waals surface area contributed by atoms with E-state index in [1.807, 2.05) is 17.7 Å². The molecule has 0 saturated carbocycles. The van der Waals surface area contributed by atoms with E-state index in [9.17, 15) is 0 Å². The molecule has 0 aliphatic rings. The van der Waals surface area contributed by atoms with Gasteiger partial charge in [0.05, 0.1) is 18.8 Å². The predicted octanol–water partition coefficient (Wildman–Crippen LogP) is 3.53. The third-order valence-electron chi connectivity index (χ3n) is 4.45. The summed E-state index contributed by atoms with van der Waals surface area (Å²) in [6.45, 7) is 8.59. The monoisotopic (exact) mass is 341 g/mol. The summed E-state index contributed by atoms with van der Waals surface area (Å²) in [6, 6.07) is 10.4. The quantitative estimate of drug-likeness (QED) is 0.416. The highest BCUT2D eigenvalue weighted by Gasteiger charge is 2.11. The van der Waals surface area contributed by atoms with Crippen molar-refractivity contribution in [2.24, 2.45) is 10.7 Å². The van der Waals surface area contributed by atoms with Gasteiger partial charge in [0.1, 0.15) is 0 Å². The highest BCUT2D eigenvalue weighted by atomic mass is 15.3. The molecule has 1 heterocycles. The van der Waals surface area contributed by atoms with Gasteiger partial charge < -0.3 is 11.1 Å². The number of rotatable bonds is 9. The maximum absolute atomic E-state index is 5.98. The summed E-state index contributed by atoms with van der Waals surface area (Å²) in [5.41, 5.74) is 10.6. The van der Waals surface area contributed by atoms with Gasteiger partial charge in [-0.1, -0.05) is 56.5 Å². The number of aliphatic imine (C=N–C) groups is 1. The summed E-state index contributed by atoms with van der Waals surface area (Å²) >= 11 is 0. The summed E-state index contributed by atoms with van der Waals surface area (Å²) in [7, 11) is 0. The van der Waals surface area contributed by atoms with E-state index < -0.39 is 0 Å². The van der Waals surface area contributed by atoms with Crippen molar-refractivity contribution >= 4 is 5.96 Å². The van der Waals surface area contributed by atoms with Crippen LogP contribution in [0.2, 0.25) is 0 Å². The van der Waals surface area contributed by atoms with Crippen LogP contribution in [-0.2, 0) is 13.1 Å². The Bertz CT molecular complexity index is 673. The van der Waals surface area contributed by atoms with E-state index in [1.165, 1.54) is 24.8 Å². The molecule has 0 spiro atoms. The first kappa shape index (κ1) is 19.0. The van der Waals surface area contributed by atoms with Gasteiger partial charge in [0.2, 0.25) is 0 Å². The summed E-state index contributed by atoms with van der Waals surface area (Å²) < 4.78 is 2.05. The van der Waals surface area contributed by atoms with E-state index in [-0.39, 0.29) is 0 Å². The molecule has 0 aliphatic heterocycles. The second-order valence-electron chi connectivity index (χ2n) is 6.48. The number of nitrogens with zero attached hydrogens (tertiary/aromatic N) is 3. The fraction of sp³-hybridized carbons (Fsp3) is 0.500. The molecule has 1 aromatic carbocycles. The molecule has 2 rings (SSSR count). The lowest BCUT2D eigenvalue weighted by molar-refractivity contribution is 0.652. The van der Waals surface area contributed by atoms with Crippen molar-refractivity contribution in [1.82, 2.24) is 15.1 Å². The largest absolute Gasteiger partial charge is 0.370 e. The highest BCUT2D eigenvalue weighted by Crippen LogP contribution is 2.15. The van der Waals surface area contributed by atoms with Crippen LogP contribution < -0.4 is 11.1 Å². The minimum atomic E-state index is 0.520. The zero-order valence-electron chi connectivity index (χ0n) is 15.8. The van der Waals surface area contributed by atoms with E-state index in [1.54, 1.807) is 0 Å². The Morgan fingerprint density at radius 1 is 1.16 bits per heavy atom. The molecule has 0 bridgehead atoms. The first-order valence-electron chi connectivity index (χ1n) is 9.22. The summed E-state index contributed by atoms with van der Waals surface area (Å²) in [5.74, 6) is 0.520. The third kappa shape index (κ3) is 5.93. The minimum absolute atomic E-state index is 0.520. The zero-order chi connectivity index (χ0) is 18.1. The van der Waals surface area contributed by atoms with Crippen LogP contribution in [0.25, 0.3) is 0 Å². The van der Waals surface area contributed by atoms with E-state index in [4.69, 9.17) is 5.73 Å². The van der Waals surface area contributed by atoms with Crippen LogP contribution in [-0.4, -0.2) is 22.3 Å². The number of aryl methyl sites for hydroxylation is 1. The first-order valence-corrected chi connectivity index (χ1v) is 9.22. The molecule has 0 atom stereocenters. The summed E-state index contributed by atoms with van der Waals surface area (Å²) in [4.78, 5) is 4.48. The van der Waals surface area contributed by atoms with Crippen LogP contribution in [0.15, 0.2) is 35.3 Å². The molecule has 136 valence electrons. The first-order chi connectivity index (χ1) is 12.1. The molecular weight excluding hydrogens is 310 g/mol. The number of nitrogens with one attached hydrogen (secondary N) is 1. The molecule has 0 saturated heterocycles. The van der Waals surface area contributed by atoms with E-state index in [0.717, 1.165) is 36.5 Å². The van der Waals surface area contributed by atoms with Crippen molar-refractivity contribution in [3.63, 3.8) is 0 Å². The zero-order valence-corrected chi connectivity index (χ0v) is 15.8. The fourth-order valence-electron chi connectivity index (χ4n) is 2.86. The van der Waals surface area contributed by atoms with Gasteiger partial charge in [0, 0.05) is 17.8 Å². The molecule has 0 amide bonds. The third-order valence-corrected chi connectivity index (χ3v) is 4.45. The van der Waals surface area contributed by atoms with Gasteiger partial charge in [-0.2, -0.15) is 5.10 Å². The van der Waals surface area contributed by atoms with Gasteiger partial charge in [-0.15, -0.1) is 0 Å². The Balaban J connectivity index is 1.92. The maximum atomic E-state index is 5.98. The molecule has 5 nitrogen and oxygen atoms in total. The standard InChI is InChI=1S/C20H31N5/c1-4-5-6-10-13-22-20(21)23-14-19-16(2)24-25(17(19)3)15-18-11-8-7-9-12-18/h7-9,11-12H,4-6,10,13-15H2,1-3H3,(H3,21,22,23). The van der Waals surface area contributed by atoms with Crippen LogP contribution in [0.3, 0.4) is 0 Å². The van der Waals surface area contributed by atoms with Crippen LogP contribution in [0, 0.1) is 13.8 Å². The van der Waals surface area contributed by atoms with Crippen molar-refractivity contribution in [3.8, 4) is 0 Å². The minimum Gasteiger partial charge on any atom is -0.370 e. The number of nitrogens with two attached hydrogens (primary N) is 1. The van der Waals surface area contributed by atoms with Crippen molar-refractivity contribution in [3.05, 3.63) is 52.8 Å². The van der Waals surface area contributed by atoms with Gasteiger partial charge in [-0.3, -0.25) is 4.68 Å². The van der Waals surface area contributed by atoms with Crippen molar-refractivity contribution in [2.45, 2.75) is 59.5 Å². The van der Waals surface area contributed by atoms with Crippen molar-refractivity contribution in [1.29, 1.82) is 0 Å². The van der Waals surface area contributed by atoms with Crippen molar-refractivity contribution in [2.75, 3.05) is 6.54 Å². The Morgan fingerprint density at radius 2 is 1.92 bits per heavy atom. The Kier molecular flexibility index (Phi) is 7.51. The molecule has 0 unspecified atom stereocenters. The lowest BCUT2D eigenvalue weighted by Gasteiger charge is -2.06. The number of guanidine groups is 1. The second kappa shape index (κ2) is 9.87. The summed E-state index contributed by atoms with van der Waals surface area (Å²) in [5, 5.41) is 7.86. The molecule has 1 aromatic heterocycles. The van der Waals surface area contributed by atoms with Gasteiger partial charge in [-0.05, 0) is 25.8 Å². The lowest BCUT2D eigenvalue weighted by atomic mass is 10.2. The van der Waals surface area contributed by atoms with E-state index in [0.29, 0.717) is 12.5 Å². The van der Waals surface area contributed by atoms with Gasteiger partial charge >= 0.3 is 0 Å². The van der Waals surface area contributed by atoms with Gasteiger partial charge in [0.25, 0.3) is 0 Å². The molecule has 0 fully saturated rings. The predicted molar refractivity (Wildman–Crippen MR) is 105 cm³/mol. The fourth-order valence-corrected chi connectivity index (χ4v) is 2.86. The molecular formula is C20H31N5. The normalized spacial score (nSPS) is 11.7. The highest BCUT2D eigenvalue weighted by molar-refractivity contribution is 5.77. The second-order valence-corrected chi connectivity index (χ2v) is 6.48. The maximum Gasteiger partial charge on any atom is 0.188 e. The molecule has 25 heavy (non-hydrogen) atoms. The number of hydrogen-bond donors (Lipinski definition) is 2. The summed E-state index contributed by atoms with van der Waals surface area (Å²) in [6.07, 6.45) is 4.89. The number of benzene rings is 1. The smallest absolute Gasteiger partial charge is 0.188 e. The Morgan fingerprint density at radius 3 is 2.64 bits per heavy atom. The number of aromatic nitrogens is 2. The lowest BCUT2D eigenvalue weighted by Crippen LogP contribution is -2.32. The molecule has 5 heteroatoms. The average Bonchev–Trinajstić information content (AvgIpc) is 2.87. The van der Waals surface area contributed by atoms with E-state index >= 15 is 0 Å². The van der Waals surface area contributed by atoms with Crippen LogP contribution in [0.1, 0.15) is 55.1 Å². The molecule has 0 radical (unpaired) electrons.